The Bertz CT molecular complexity index is 63.3. The van der Waals surface area contributed by atoms with Gasteiger partial charge in [-0.3, -0.25) is 0 Å². The normalized spacial score (nSPS) is 10.7. The minimum absolute atomic E-state index is 0. The molecule has 0 atom stereocenters. The lowest BCUT2D eigenvalue weighted by Crippen LogP contribution is -2.06. The zero-order chi connectivity index (χ0) is 6.62. The fraction of sp³-hybridized carbons (Fsp3) is 1.00. The number of hydrogen-bond acceptors (Lipinski definition) is 0. The van der Waals surface area contributed by atoms with E-state index in [1.807, 2.05) is 0 Å². The lowest BCUT2D eigenvalue weighted by Gasteiger charge is -2.01. The Balaban J connectivity index is 0. The molecule has 0 saturated carbocycles. The fourth-order valence-corrected chi connectivity index (χ4v) is 0.548. The molecule has 9 heavy (non-hydrogen) atoms. The molecule has 0 nitrogen and oxygen atoms in total. The third-order valence-electron chi connectivity index (χ3n) is 0.594. The summed E-state index contributed by atoms with van der Waals surface area (Å²) in [5, 5.41) is 0.423. The maximum absolute atomic E-state index is 11.2. The first-order valence-electron chi connectivity index (χ1n) is 2.19. The summed E-state index contributed by atoms with van der Waals surface area (Å²) in [5.41, 5.74) is 0. The average molecular weight is 215 g/mol. The zero-order valence-electron chi connectivity index (χ0n) is 4.84. The van der Waals surface area contributed by atoms with Gasteiger partial charge in [0.25, 0.3) is 0 Å². The summed E-state index contributed by atoms with van der Waals surface area (Å²) >= 11 is 2.90. The number of hydrogen-bond donors (Lipinski definition) is 0. The van der Waals surface area contributed by atoms with Crippen LogP contribution >= 0.6 is 15.9 Å². The molecule has 0 aliphatic carbocycles. The van der Waals surface area contributed by atoms with Crippen LogP contribution in [0.2, 0.25) is 0 Å². The molecule has 0 unspecified atom stereocenters. The molecule has 0 aliphatic rings. The third kappa shape index (κ3) is 12.3. The number of alkyl halides is 4. The highest BCUT2D eigenvalue weighted by atomic mass is 79.9. The summed E-state index contributed by atoms with van der Waals surface area (Å²) in [6.07, 6.45) is -4.49. The first-order chi connectivity index (χ1) is 3.56. The molecule has 0 rings (SSSR count). The van der Waals surface area contributed by atoms with Gasteiger partial charge in [-0.2, -0.15) is 13.2 Å². The van der Waals surface area contributed by atoms with Crippen molar-refractivity contribution in [1.29, 1.82) is 0 Å². The molecule has 0 spiro atoms. The maximum Gasteiger partial charge on any atom is 0.389 e. The molecule has 0 N–H and O–H groups in total. The first-order valence-corrected chi connectivity index (χ1v) is 3.31. The minimum atomic E-state index is -3.98. The molecule has 0 aromatic carbocycles. The van der Waals surface area contributed by atoms with Gasteiger partial charge in [-0.15, -0.1) is 0 Å². The number of rotatable bonds is 2. The Morgan fingerprint density at radius 2 is 1.67 bits per heavy atom. The molecule has 0 amide bonds. The van der Waals surface area contributed by atoms with E-state index < -0.39 is 12.6 Å². The summed E-state index contributed by atoms with van der Waals surface area (Å²) in [6, 6.07) is 0. The van der Waals surface area contributed by atoms with Gasteiger partial charge < -0.3 is 0 Å². The zero-order valence-corrected chi connectivity index (χ0v) is 7.84. The van der Waals surface area contributed by atoms with Crippen LogP contribution in [0.3, 0.4) is 0 Å². The number of halogens is 4. The van der Waals surface area contributed by atoms with E-state index >= 15 is 0 Å². The van der Waals surface area contributed by atoms with Gasteiger partial charge in [0.1, 0.15) is 0 Å². The van der Waals surface area contributed by atoms with Crippen LogP contribution in [0.1, 0.15) is 12.8 Å². The van der Waals surface area contributed by atoms with E-state index in [-0.39, 0.29) is 29.5 Å². The summed E-state index contributed by atoms with van der Waals surface area (Å²) < 4.78 is 33.7. The largest absolute Gasteiger partial charge is 0.389 e. The van der Waals surface area contributed by atoms with E-state index in [0.717, 1.165) is 0 Å². The summed E-state index contributed by atoms with van der Waals surface area (Å²) in [7, 11) is 0. The van der Waals surface area contributed by atoms with Gasteiger partial charge >= 0.3 is 6.18 Å². The predicted octanol–water partition coefficient (Wildman–Crippen LogP) is 2.34. The van der Waals surface area contributed by atoms with Gasteiger partial charge in [0.05, 0.1) is 0 Å². The highest BCUT2D eigenvalue weighted by Gasteiger charge is 2.25. The van der Waals surface area contributed by atoms with Crippen LogP contribution in [0, 0.1) is 0 Å². The van der Waals surface area contributed by atoms with Crippen LogP contribution in [0.4, 0.5) is 13.2 Å². The van der Waals surface area contributed by atoms with Crippen molar-refractivity contribution in [2.45, 2.75) is 19.0 Å². The average Bonchev–Trinajstić information content (AvgIpc) is 1.59. The van der Waals surface area contributed by atoms with Gasteiger partial charge in [0.2, 0.25) is 0 Å². The van der Waals surface area contributed by atoms with Gasteiger partial charge in [-0.1, -0.05) is 15.9 Å². The van der Waals surface area contributed by atoms with E-state index in [1.165, 1.54) is 0 Å². The molecular formula is C4H6BrF3Mg. The van der Waals surface area contributed by atoms with E-state index in [4.69, 9.17) is 0 Å². The standard InChI is InChI=1S/C4H6BrF3.Mg/c5-3-1-2-4(6,7)8;/h1-3H2;. The van der Waals surface area contributed by atoms with Crippen LogP contribution in [-0.4, -0.2) is 34.6 Å². The second-order valence-corrected chi connectivity index (χ2v) is 2.20. The molecule has 2 radical (unpaired) electrons. The monoisotopic (exact) mass is 214 g/mol. The van der Waals surface area contributed by atoms with Crippen LogP contribution in [-0.2, 0) is 0 Å². The van der Waals surface area contributed by atoms with E-state index in [1.54, 1.807) is 0 Å². The highest BCUT2D eigenvalue weighted by Crippen LogP contribution is 2.21. The molecule has 5 heteroatoms. The van der Waals surface area contributed by atoms with Crippen molar-refractivity contribution in [3.05, 3.63) is 0 Å². The lowest BCUT2D eigenvalue weighted by atomic mass is 10.3. The maximum atomic E-state index is 11.2. The lowest BCUT2D eigenvalue weighted by molar-refractivity contribution is -0.134. The predicted molar refractivity (Wildman–Crippen MR) is 34.8 cm³/mol. The first kappa shape index (κ1) is 12.7. The van der Waals surface area contributed by atoms with Crippen molar-refractivity contribution in [2.24, 2.45) is 0 Å². The quantitative estimate of drug-likeness (QED) is 0.490. The second kappa shape index (κ2) is 5.79. The third-order valence-corrected chi connectivity index (χ3v) is 1.15. The highest BCUT2D eigenvalue weighted by molar-refractivity contribution is 9.09. The van der Waals surface area contributed by atoms with Crippen molar-refractivity contribution in [2.75, 3.05) is 5.33 Å². The van der Waals surface area contributed by atoms with Crippen molar-refractivity contribution >= 4 is 39.0 Å². The molecule has 0 heterocycles. The second-order valence-electron chi connectivity index (χ2n) is 1.41. The molecular weight excluding hydrogens is 209 g/mol. The van der Waals surface area contributed by atoms with Gasteiger partial charge in [-0.25, -0.2) is 0 Å². The van der Waals surface area contributed by atoms with Crippen molar-refractivity contribution in [3.8, 4) is 0 Å². The van der Waals surface area contributed by atoms with Crippen LogP contribution < -0.4 is 0 Å². The van der Waals surface area contributed by atoms with Gasteiger partial charge in [-0.05, 0) is 6.42 Å². The Labute approximate surface area is 76.5 Å². The Hall–Kier alpha value is 1.04. The minimum Gasteiger partial charge on any atom is -0.171 e. The van der Waals surface area contributed by atoms with Crippen molar-refractivity contribution < 1.29 is 13.2 Å². The smallest absolute Gasteiger partial charge is 0.171 e. The van der Waals surface area contributed by atoms with Crippen LogP contribution in [0.5, 0.6) is 0 Å². The van der Waals surface area contributed by atoms with Crippen LogP contribution in [0.15, 0.2) is 0 Å². The Kier molecular flexibility index (Phi) is 8.17. The SMILES string of the molecule is FC(F)(F)CCCBr.[Mg]. The molecule has 0 fully saturated rings. The molecule has 0 saturated heterocycles. The Morgan fingerprint density at radius 1 is 1.22 bits per heavy atom. The summed E-state index contributed by atoms with van der Waals surface area (Å²) in [5.74, 6) is 0. The van der Waals surface area contributed by atoms with Crippen LogP contribution in [0.25, 0.3) is 0 Å². The summed E-state index contributed by atoms with van der Waals surface area (Å²) in [6.45, 7) is 0. The van der Waals surface area contributed by atoms with Gasteiger partial charge in [0, 0.05) is 34.8 Å². The Morgan fingerprint density at radius 3 is 1.78 bits per heavy atom. The molecule has 0 bridgehead atoms. The van der Waals surface area contributed by atoms with Gasteiger partial charge in [0.15, 0.2) is 0 Å². The van der Waals surface area contributed by atoms with E-state index in [2.05, 4.69) is 15.9 Å². The topological polar surface area (TPSA) is 0 Å². The summed E-state index contributed by atoms with van der Waals surface area (Å²) in [4.78, 5) is 0. The fourth-order valence-electron chi connectivity index (χ4n) is 0.267. The molecule has 52 valence electrons. The molecule has 0 aromatic heterocycles. The van der Waals surface area contributed by atoms with E-state index in [0.29, 0.717) is 5.33 Å². The van der Waals surface area contributed by atoms with E-state index in [9.17, 15) is 13.2 Å². The van der Waals surface area contributed by atoms with Crippen molar-refractivity contribution in [3.63, 3.8) is 0 Å². The molecule has 0 aliphatic heterocycles. The molecule has 0 aromatic rings. The van der Waals surface area contributed by atoms with Crippen molar-refractivity contribution in [1.82, 2.24) is 0 Å².